The number of hydrogen-bond acceptors (Lipinski definition) is 2. The first kappa shape index (κ1) is 15.3. The van der Waals surface area contributed by atoms with Gasteiger partial charge in [0.2, 0.25) is 5.91 Å². The third kappa shape index (κ3) is 3.97. The predicted octanol–water partition coefficient (Wildman–Crippen LogP) is 2.30. The van der Waals surface area contributed by atoms with Crippen molar-refractivity contribution >= 4 is 18.3 Å². The van der Waals surface area contributed by atoms with Crippen molar-refractivity contribution in [3.8, 4) is 0 Å². The molecule has 2 N–H and O–H groups in total. The van der Waals surface area contributed by atoms with Crippen LogP contribution in [0.5, 0.6) is 0 Å². The molecule has 1 saturated heterocycles. The number of rotatable bonds is 5. The van der Waals surface area contributed by atoms with Gasteiger partial charge in [0.05, 0.1) is 6.04 Å². The van der Waals surface area contributed by atoms with Crippen molar-refractivity contribution in [2.24, 2.45) is 5.92 Å². The van der Waals surface area contributed by atoms with Crippen LogP contribution in [0.4, 0.5) is 0 Å². The third-order valence-corrected chi connectivity index (χ3v) is 4.19. The molecule has 2 fully saturated rings. The molecule has 3 nitrogen and oxygen atoms in total. The van der Waals surface area contributed by atoms with E-state index in [9.17, 15) is 4.79 Å². The topological polar surface area (TPSA) is 41.1 Å². The largest absolute Gasteiger partial charge is 0.351 e. The zero-order chi connectivity index (χ0) is 13.1. The average molecular weight is 295 g/mol. The normalized spacial score (nSPS) is 22.9. The summed E-state index contributed by atoms with van der Waals surface area (Å²) in [5, 5.41) is 6.54. The van der Waals surface area contributed by atoms with Crippen molar-refractivity contribution in [2.45, 2.75) is 44.2 Å². The van der Waals surface area contributed by atoms with Crippen LogP contribution < -0.4 is 10.6 Å². The van der Waals surface area contributed by atoms with Gasteiger partial charge in [0.1, 0.15) is 0 Å². The van der Waals surface area contributed by atoms with Gasteiger partial charge in [0.25, 0.3) is 0 Å². The molecule has 2 atom stereocenters. The number of carbonyl (C=O) groups excluding carboxylic acids is 1. The lowest BCUT2D eigenvalue weighted by Gasteiger charge is -2.21. The summed E-state index contributed by atoms with van der Waals surface area (Å²) in [6, 6.07) is 10.8. The molecule has 1 amide bonds. The first-order valence-electron chi connectivity index (χ1n) is 7.40. The number of hydrogen-bond donors (Lipinski definition) is 2. The predicted molar refractivity (Wildman–Crippen MR) is 83.1 cm³/mol. The molecule has 0 aromatic heterocycles. The number of halogens is 1. The summed E-state index contributed by atoms with van der Waals surface area (Å²) < 4.78 is 0. The van der Waals surface area contributed by atoms with Crippen molar-refractivity contribution < 1.29 is 4.79 Å². The monoisotopic (exact) mass is 294 g/mol. The second kappa shape index (κ2) is 7.09. The SMILES string of the molecule is Cl.O=C(NC(Cc1ccccc1)C1CC1)C1CCCN1. The molecule has 3 rings (SSSR count). The quantitative estimate of drug-likeness (QED) is 0.875. The van der Waals surface area contributed by atoms with Crippen LogP contribution in [-0.4, -0.2) is 24.5 Å². The van der Waals surface area contributed by atoms with Crippen LogP contribution in [0.15, 0.2) is 30.3 Å². The highest BCUT2D eigenvalue weighted by Crippen LogP contribution is 2.34. The molecule has 1 aromatic rings. The van der Waals surface area contributed by atoms with Gasteiger partial charge in [0.15, 0.2) is 0 Å². The van der Waals surface area contributed by atoms with Crippen LogP contribution in [0.3, 0.4) is 0 Å². The van der Waals surface area contributed by atoms with Crippen LogP contribution >= 0.6 is 12.4 Å². The summed E-state index contributed by atoms with van der Waals surface area (Å²) in [5.41, 5.74) is 1.32. The van der Waals surface area contributed by atoms with Gasteiger partial charge in [-0.2, -0.15) is 0 Å². The molecule has 2 aliphatic rings. The van der Waals surface area contributed by atoms with E-state index in [0.717, 1.165) is 25.8 Å². The minimum Gasteiger partial charge on any atom is -0.351 e. The van der Waals surface area contributed by atoms with E-state index < -0.39 is 0 Å². The maximum Gasteiger partial charge on any atom is 0.237 e. The molecule has 0 bridgehead atoms. The Morgan fingerprint density at radius 1 is 1.25 bits per heavy atom. The van der Waals surface area contributed by atoms with Gasteiger partial charge in [-0.25, -0.2) is 0 Å². The van der Waals surface area contributed by atoms with E-state index >= 15 is 0 Å². The zero-order valence-corrected chi connectivity index (χ0v) is 12.5. The Hall–Kier alpha value is -1.06. The van der Waals surface area contributed by atoms with E-state index in [1.165, 1.54) is 18.4 Å². The maximum atomic E-state index is 12.2. The Morgan fingerprint density at radius 2 is 2.00 bits per heavy atom. The van der Waals surface area contributed by atoms with Gasteiger partial charge in [-0.15, -0.1) is 12.4 Å². The summed E-state index contributed by atoms with van der Waals surface area (Å²) in [6.45, 7) is 0.977. The van der Waals surface area contributed by atoms with Crippen LogP contribution in [-0.2, 0) is 11.2 Å². The molecule has 2 unspecified atom stereocenters. The van der Waals surface area contributed by atoms with E-state index in [4.69, 9.17) is 0 Å². The van der Waals surface area contributed by atoms with Crippen LogP contribution in [0.25, 0.3) is 0 Å². The molecule has 1 aromatic carbocycles. The van der Waals surface area contributed by atoms with Gasteiger partial charge in [-0.1, -0.05) is 30.3 Å². The standard InChI is InChI=1S/C16H22N2O.ClH/c19-16(14-7-4-10-17-14)18-15(13-8-9-13)11-12-5-2-1-3-6-12;/h1-3,5-6,13-15,17H,4,7-11H2,(H,18,19);1H. The second-order valence-electron chi connectivity index (χ2n) is 5.79. The first-order valence-corrected chi connectivity index (χ1v) is 7.40. The fraction of sp³-hybridized carbons (Fsp3) is 0.562. The van der Waals surface area contributed by atoms with Gasteiger partial charge < -0.3 is 10.6 Å². The van der Waals surface area contributed by atoms with Crippen molar-refractivity contribution in [1.82, 2.24) is 10.6 Å². The number of nitrogens with one attached hydrogen (secondary N) is 2. The molecule has 4 heteroatoms. The number of amides is 1. The van der Waals surface area contributed by atoms with Gasteiger partial charge in [0, 0.05) is 6.04 Å². The van der Waals surface area contributed by atoms with Crippen LogP contribution in [0.1, 0.15) is 31.2 Å². The van der Waals surface area contributed by atoms with Crippen LogP contribution in [0, 0.1) is 5.92 Å². The summed E-state index contributed by atoms with van der Waals surface area (Å²) >= 11 is 0. The Bertz CT molecular complexity index is 427. The van der Waals surface area contributed by atoms with E-state index in [0.29, 0.717) is 12.0 Å². The van der Waals surface area contributed by atoms with Gasteiger partial charge in [-0.3, -0.25) is 4.79 Å². The second-order valence-corrected chi connectivity index (χ2v) is 5.79. The molecule has 0 radical (unpaired) electrons. The van der Waals surface area contributed by atoms with E-state index in [2.05, 4.69) is 34.9 Å². The van der Waals surface area contributed by atoms with E-state index in [-0.39, 0.29) is 24.4 Å². The zero-order valence-electron chi connectivity index (χ0n) is 11.7. The molecule has 1 heterocycles. The van der Waals surface area contributed by atoms with Crippen molar-refractivity contribution in [2.75, 3.05) is 6.54 Å². The lowest BCUT2D eigenvalue weighted by atomic mass is 10.0. The summed E-state index contributed by atoms with van der Waals surface area (Å²) in [6.07, 6.45) is 5.58. The Balaban J connectivity index is 0.00000147. The highest BCUT2D eigenvalue weighted by atomic mass is 35.5. The average Bonchev–Trinajstić information content (AvgIpc) is 3.13. The van der Waals surface area contributed by atoms with Crippen molar-refractivity contribution in [1.29, 1.82) is 0 Å². The Morgan fingerprint density at radius 3 is 2.60 bits per heavy atom. The molecule has 20 heavy (non-hydrogen) atoms. The van der Waals surface area contributed by atoms with E-state index in [1.807, 2.05) is 6.07 Å². The fourth-order valence-electron chi connectivity index (χ4n) is 2.89. The van der Waals surface area contributed by atoms with Crippen LogP contribution in [0.2, 0.25) is 0 Å². The summed E-state index contributed by atoms with van der Waals surface area (Å²) in [4.78, 5) is 12.2. The molecule has 0 spiro atoms. The smallest absolute Gasteiger partial charge is 0.237 e. The highest BCUT2D eigenvalue weighted by molar-refractivity contribution is 5.85. The number of carbonyl (C=O) groups is 1. The first-order chi connectivity index (χ1) is 9.33. The van der Waals surface area contributed by atoms with Crippen molar-refractivity contribution in [3.05, 3.63) is 35.9 Å². The Kier molecular flexibility index (Phi) is 5.44. The summed E-state index contributed by atoms with van der Waals surface area (Å²) in [7, 11) is 0. The molecule has 1 aliphatic carbocycles. The molecule has 110 valence electrons. The summed E-state index contributed by atoms with van der Waals surface area (Å²) in [5.74, 6) is 0.885. The molecular weight excluding hydrogens is 272 g/mol. The molecule has 1 aliphatic heterocycles. The minimum atomic E-state index is 0. The van der Waals surface area contributed by atoms with Gasteiger partial charge >= 0.3 is 0 Å². The fourth-order valence-corrected chi connectivity index (χ4v) is 2.89. The lowest BCUT2D eigenvalue weighted by Crippen LogP contribution is -2.46. The van der Waals surface area contributed by atoms with E-state index in [1.54, 1.807) is 0 Å². The highest BCUT2D eigenvalue weighted by Gasteiger charge is 2.34. The Labute approximate surface area is 126 Å². The molecular formula is C16H23ClN2O. The molecule has 1 saturated carbocycles. The maximum absolute atomic E-state index is 12.2. The minimum absolute atomic E-state index is 0. The lowest BCUT2D eigenvalue weighted by molar-refractivity contribution is -0.123. The van der Waals surface area contributed by atoms with Crippen molar-refractivity contribution in [3.63, 3.8) is 0 Å². The number of benzene rings is 1. The third-order valence-electron chi connectivity index (χ3n) is 4.19. The van der Waals surface area contributed by atoms with Gasteiger partial charge in [-0.05, 0) is 50.1 Å².